The summed E-state index contributed by atoms with van der Waals surface area (Å²) in [5.74, 6) is -4.68. The number of carbonyl (C=O) groups is 2. The molecule has 142 valence electrons. The van der Waals surface area contributed by atoms with Gasteiger partial charge in [-0.3, -0.25) is 9.52 Å². The Kier molecular flexibility index (Phi) is 3.17. The topological polar surface area (TPSA) is 98.8 Å². The first-order valence-corrected chi connectivity index (χ1v) is 8.37. The average Bonchev–Trinajstić information content (AvgIpc) is 2.77. The molecule has 0 aliphatic heterocycles. The Labute approximate surface area is 170 Å². The number of carbonyl (C=O) groups excluding carboxylic acids is 2. The van der Waals surface area contributed by atoms with Gasteiger partial charge in [-0.2, -0.15) is 0 Å². The maximum Gasteiger partial charge on any atom is 0.337 e. The molecule has 2 rings (SSSR count). The van der Waals surface area contributed by atoms with E-state index in [1.807, 2.05) is 0 Å². The van der Waals surface area contributed by atoms with Gasteiger partial charge >= 0.3 is 11.9 Å². The first-order valence-electron chi connectivity index (χ1n) is 12.0. The molecular weight excluding hydrogens is 389 g/mol. The largest absolute Gasteiger partial charge is 0.428 e. The molecule has 0 bridgehead atoms. The van der Waals surface area contributed by atoms with E-state index in [0.29, 0.717) is 0 Å². The fraction of sp³-hybridized carbons (Fsp3) is 0.375. The third-order valence-corrected chi connectivity index (χ3v) is 4.15. The van der Waals surface area contributed by atoms with E-state index < -0.39 is 99.4 Å². The van der Waals surface area contributed by atoms with Crippen LogP contribution in [0.4, 0.5) is 10.1 Å². The standard InChI is InChI=1S/C16H17ClFNO6S/c1-10(20)24-9-25-16(21)12-4-2-3-5-15(12)26(22,23)19-14-7-6-11(18)8-13(14)17/h4,6-8,15,19H,2-3,5,9H2,1H3/t15-/m1/s1/i2D2,3D2,4D,5D2,6D,7D,8D,15D. The van der Waals surface area contributed by atoms with Gasteiger partial charge in [0, 0.05) is 15.1 Å². The normalized spacial score (nSPS) is 32.3. The summed E-state index contributed by atoms with van der Waals surface area (Å²) in [6.07, 6.45) is -11.9. The molecule has 7 nitrogen and oxygen atoms in total. The van der Waals surface area contributed by atoms with Crippen molar-refractivity contribution in [2.75, 3.05) is 11.5 Å². The molecule has 0 fully saturated rings. The number of esters is 2. The number of sulfonamides is 1. The quantitative estimate of drug-likeness (QED) is 0.565. The minimum atomic E-state index is -5.97. The van der Waals surface area contributed by atoms with Crippen LogP contribution in [0.2, 0.25) is 5.02 Å². The highest BCUT2D eigenvalue weighted by molar-refractivity contribution is 7.93. The molecular formula is C16H17ClFNO6S. The molecule has 1 N–H and O–H groups in total. The summed E-state index contributed by atoms with van der Waals surface area (Å²) in [5, 5.41) is -5.39. The van der Waals surface area contributed by atoms with Gasteiger partial charge in [-0.25, -0.2) is 17.6 Å². The van der Waals surface area contributed by atoms with E-state index in [1.54, 1.807) is 0 Å². The first kappa shape index (κ1) is 9.70. The molecule has 0 spiro atoms. The van der Waals surface area contributed by atoms with Gasteiger partial charge in [0.2, 0.25) is 16.8 Å². The number of benzene rings is 1. The van der Waals surface area contributed by atoms with Crippen molar-refractivity contribution in [2.45, 2.75) is 31.3 Å². The summed E-state index contributed by atoms with van der Waals surface area (Å²) in [5.41, 5.74) is -3.08. The van der Waals surface area contributed by atoms with Crippen LogP contribution in [0.1, 0.15) is 41.1 Å². The lowest BCUT2D eigenvalue weighted by molar-refractivity contribution is -0.163. The van der Waals surface area contributed by atoms with Crippen LogP contribution in [0.15, 0.2) is 29.8 Å². The van der Waals surface area contributed by atoms with Crippen molar-refractivity contribution in [3.63, 3.8) is 0 Å². The van der Waals surface area contributed by atoms with Crippen molar-refractivity contribution < 1.29 is 46.9 Å². The van der Waals surface area contributed by atoms with E-state index in [1.165, 1.54) is 4.72 Å². The molecule has 26 heavy (non-hydrogen) atoms. The summed E-state index contributed by atoms with van der Waals surface area (Å²) < 4.78 is 138. The molecule has 1 aromatic rings. The van der Waals surface area contributed by atoms with Crippen LogP contribution < -0.4 is 4.72 Å². The molecule has 1 aliphatic carbocycles. The minimum Gasteiger partial charge on any atom is -0.428 e. The van der Waals surface area contributed by atoms with Crippen LogP contribution in [0, 0.1) is 5.82 Å². The van der Waals surface area contributed by atoms with Crippen molar-refractivity contribution in [1.82, 2.24) is 0 Å². The van der Waals surface area contributed by atoms with E-state index >= 15 is 0 Å². The monoisotopic (exact) mass is 416 g/mol. The zero-order valence-corrected chi connectivity index (χ0v) is 14.4. The highest BCUT2D eigenvalue weighted by Crippen LogP contribution is 2.30. The average molecular weight is 417 g/mol. The van der Waals surface area contributed by atoms with Crippen molar-refractivity contribution in [3.05, 3.63) is 40.6 Å². The molecule has 0 aromatic heterocycles. The van der Waals surface area contributed by atoms with Crippen LogP contribution in [-0.2, 0) is 29.1 Å². The fourth-order valence-electron chi connectivity index (χ4n) is 1.50. The molecule has 0 radical (unpaired) electrons. The molecule has 1 aromatic carbocycles. The number of anilines is 1. The summed E-state index contributed by atoms with van der Waals surface area (Å²) >= 11 is 5.73. The van der Waals surface area contributed by atoms with Crippen LogP contribution in [0.3, 0.4) is 0 Å². The molecule has 1 atom stereocenters. The Hall–Kier alpha value is -2.13. The van der Waals surface area contributed by atoms with Crippen molar-refractivity contribution in [2.24, 2.45) is 0 Å². The molecule has 10 heteroatoms. The second kappa shape index (κ2) is 8.50. The van der Waals surface area contributed by atoms with E-state index in [-0.39, 0.29) is 0 Å². The summed E-state index contributed by atoms with van der Waals surface area (Å²) in [6.45, 7) is -0.358. The van der Waals surface area contributed by atoms with E-state index in [0.717, 1.165) is 6.92 Å². The van der Waals surface area contributed by atoms with Gasteiger partial charge in [-0.1, -0.05) is 17.7 Å². The lowest BCUT2D eigenvalue weighted by Gasteiger charge is -2.24. The van der Waals surface area contributed by atoms with Gasteiger partial charge in [0.15, 0.2) is 0 Å². The minimum absolute atomic E-state index is 0.880. The Morgan fingerprint density at radius 3 is 2.92 bits per heavy atom. The number of ether oxygens (including phenoxy) is 2. The van der Waals surface area contributed by atoms with Crippen LogP contribution in [0.25, 0.3) is 0 Å². The Balaban J connectivity index is 2.90. The highest BCUT2D eigenvalue weighted by Gasteiger charge is 2.35. The zero-order valence-electron chi connectivity index (χ0n) is 23.8. The third-order valence-electron chi connectivity index (χ3n) is 2.55. The van der Waals surface area contributed by atoms with Gasteiger partial charge in [-0.05, 0) is 37.2 Å². The second-order valence-electron chi connectivity index (χ2n) is 4.37. The number of nitrogens with one attached hydrogen (secondary N) is 1. The molecule has 1 aliphatic rings. The third kappa shape index (κ3) is 5.18. The Morgan fingerprint density at radius 2 is 2.23 bits per heavy atom. The summed E-state index contributed by atoms with van der Waals surface area (Å²) in [6, 6.07) is -5.69. The van der Waals surface area contributed by atoms with Crippen molar-refractivity contribution in [1.29, 1.82) is 0 Å². The molecule has 0 amide bonds. The van der Waals surface area contributed by atoms with E-state index in [2.05, 4.69) is 9.47 Å². The number of rotatable bonds is 6. The van der Waals surface area contributed by atoms with Crippen LogP contribution in [-0.4, -0.2) is 32.4 Å². The van der Waals surface area contributed by atoms with Crippen LogP contribution >= 0.6 is 11.6 Å². The van der Waals surface area contributed by atoms with E-state index in [4.69, 9.17) is 26.7 Å². The van der Waals surface area contributed by atoms with Crippen LogP contribution in [0.5, 0.6) is 0 Å². The molecule has 0 saturated carbocycles. The summed E-state index contributed by atoms with van der Waals surface area (Å²) in [7, 11) is -5.97. The van der Waals surface area contributed by atoms with Gasteiger partial charge < -0.3 is 9.47 Å². The Morgan fingerprint density at radius 1 is 1.50 bits per heavy atom. The predicted octanol–water partition coefficient (Wildman–Crippen LogP) is 2.76. The molecule has 0 saturated heterocycles. The summed E-state index contributed by atoms with van der Waals surface area (Å²) in [4.78, 5) is 23.7. The smallest absolute Gasteiger partial charge is 0.337 e. The van der Waals surface area contributed by atoms with Gasteiger partial charge in [0.05, 0.1) is 23.1 Å². The molecule has 0 unspecified atom stereocenters. The predicted molar refractivity (Wildman–Crippen MR) is 92.4 cm³/mol. The SMILES string of the molecule is [2H]C1=C(C(=O)OCOC(C)=O)[C@]([2H])(S(=O)(=O)Nc2c([2H])c([2H])c(F)c([2H])c2Cl)C([2H])([2H])C([2H])([2H])C1([2H])[2H]. The maximum atomic E-state index is 13.9. The second-order valence-corrected chi connectivity index (χ2v) is 6.37. The van der Waals surface area contributed by atoms with Crippen molar-refractivity contribution >= 4 is 39.3 Å². The van der Waals surface area contributed by atoms with E-state index in [9.17, 15) is 22.4 Å². The lowest BCUT2D eigenvalue weighted by atomic mass is 9.99. The zero-order chi connectivity index (χ0) is 29.1. The fourth-order valence-corrected chi connectivity index (χ4v) is 2.85. The number of hydrogen-bond acceptors (Lipinski definition) is 6. The maximum absolute atomic E-state index is 13.9. The van der Waals surface area contributed by atoms with Gasteiger partial charge in [0.25, 0.3) is 0 Å². The number of allylic oxidation sites excluding steroid dienone is 1. The lowest BCUT2D eigenvalue weighted by Crippen LogP contribution is -2.35. The Bertz CT molecular complexity index is 1290. The number of hydrogen-bond donors (Lipinski definition) is 1. The first-order chi connectivity index (χ1) is 16.5. The molecule has 0 heterocycles. The highest BCUT2D eigenvalue weighted by atomic mass is 35.5. The number of halogens is 2. The van der Waals surface area contributed by atoms with Gasteiger partial charge in [0.1, 0.15) is 11.0 Å². The van der Waals surface area contributed by atoms with Crippen molar-refractivity contribution in [3.8, 4) is 0 Å². The van der Waals surface area contributed by atoms with Gasteiger partial charge in [-0.15, -0.1) is 0 Å².